The van der Waals surface area contributed by atoms with Gasteiger partial charge in [-0.1, -0.05) is 325 Å². The summed E-state index contributed by atoms with van der Waals surface area (Å²) in [6.07, 6.45) is 50.2. The van der Waals surface area contributed by atoms with E-state index in [9.17, 15) is 43.2 Å². The lowest BCUT2D eigenvalue weighted by atomic mass is 9.99. The minimum Gasteiger partial charge on any atom is -0.462 e. The Kier molecular flexibility index (Phi) is 63.4. The van der Waals surface area contributed by atoms with E-state index in [4.69, 9.17) is 37.0 Å². The van der Waals surface area contributed by atoms with Crippen molar-refractivity contribution in [2.75, 3.05) is 39.6 Å². The fraction of sp³-hybridized carbons (Fsp3) is 0.946. The van der Waals surface area contributed by atoms with E-state index in [-0.39, 0.29) is 25.7 Å². The summed E-state index contributed by atoms with van der Waals surface area (Å²) in [6, 6.07) is 0. The Morgan fingerprint density at radius 3 is 0.817 bits per heavy atom. The van der Waals surface area contributed by atoms with Crippen LogP contribution in [-0.2, 0) is 65.4 Å². The molecule has 0 fully saturated rings. The average molecular weight is 1370 g/mol. The Labute approximate surface area is 568 Å². The van der Waals surface area contributed by atoms with Gasteiger partial charge in [0.25, 0.3) is 0 Å². The Hall–Kier alpha value is -1.94. The highest BCUT2D eigenvalue weighted by Crippen LogP contribution is 2.45. The van der Waals surface area contributed by atoms with E-state index in [0.29, 0.717) is 31.6 Å². The van der Waals surface area contributed by atoms with Crippen LogP contribution in [0.4, 0.5) is 0 Å². The number of carbonyl (C=O) groups is 4. The minimum absolute atomic E-state index is 0.104. The molecule has 17 nitrogen and oxygen atoms in total. The zero-order valence-electron chi connectivity index (χ0n) is 60.7. The summed E-state index contributed by atoms with van der Waals surface area (Å²) >= 11 is 0. The number of phosphoric acid groups is 2. The van der Waals surface area contributed by atoms with Gasteiger partial charge in [-0.3, -0.25) is 37.3 Å². The van der Waals surface area contributed by atoms with E-state index in [0.717, 1.165) is 108 Å². The van der Waals surface area contributed by atoms with Crippen LogP contribution in [0.5, 0.6) is 0 Å². The summed E-state index contributed by atoms with van der Waals surface area (Å²) in [5.74, 6) is 0.0669. The van der Waals surface area contributed by atoms with Gasteiger partial charge in [0.2, 0.25) is 0 Å². The van der Waals surface area contributed by atoms with Crippen LogP contribution in [-0.4, -0.2) is 96.7 Å². The van der Waals surface area contributed by atoms with E-state index in [1.54, 1.807) is 0 Å². The number of aliphatic hydroxyl groups is 1. The number of phosphoric ester groups is 2. The van der Waals surface area contributed by atoms with Crippen molar-refractivity contribution < 1.29 is 80.2 Å². The van der Waals surface area contributed by atoms with Crippen LogP contribution in [0.3, 0.4) is 0 Å². The average Bonchev–Trinajstić information content (AvgIpc) is 1.65. The molecule has 0 aliphatic heterocycles. The molecule has 552 valence electrons. The fourth-order valence-corrected chi connectivity index (χ4v) is 12.8. The fourth-order valence-electron chi connectivity index (χ4n) is 11.2. The summed E-state index contributed by atoms with van der Waals surface area (Å²) in [7, 11) is -9.91. The monoisotopic (exact) mass is 1370 g/mol. The third-order valence-corrected chi connectivity index (χ3v) is 19.4. The predicted octanol–water partition coefficient (Wildman–Crippen LogP) is 21.4. The highest BCUT2D eigenvalue weighted by Gasteiger charge is 2.30. The number of aliphatic hydroxyl groups excluding tert-OH is 1. The molecule has 0 spiro atoms. The smallest absolute Gasteiger partial charge is 0.462 e. The van der Waals surface area contributed by atoms with Gasteiger partial charge in [0, 0.05) is 25.7 Å². The molecule has 19 heteroatoms. The molecule has 0 aliphatic carbocycles. The first-order valence-corrected chi connectivity index (χ1v) is 41.4. The third kappa shape index (κ3) is 67.0. The number of ether oxygens (including phenoxy) is 4. The van der Waals surface area contributed by atoms with Gasteiger partial charge in [0.1, 0.15) is 19.3 Å². The molecule has 0 heterocycles. The van der Waals surface area contributed by atoms with Gasteiger partial charge in [-0.05, 0) is 43.4 Å². The molecule has 0 saturated heterocycles. The lowest BCUT2D eigenvalue weighted by Crippen LogP contribution is -2.30. The Morgan fingerprint density at radius 1 is 0.312 bits per heavy atom. The highest BCUT2D eigenvalue weighted by atomic mass is 31.2. The molecule has 0 saturated carbocycles. The van der Waals surface area contributed by atoms with Gasteiger partial charge in [-0.25, -0.2) is 9.13 Å². The largest absolute Gasteiger partial charge is 0.472 e. The summed E-state index contributed by atoms with van der Waals surface area (Å²) in [5, 5.41) is 10.6. The van der Waals surface area contributed by atoms with Crippen molar-refractivity contribution in [3.05, 3.63) is 0 Å². The SMILES string of the molecule is CCCCCCCCCCCCCCCCCCCCCCC(=O)O[C@H](COC(=O)CCCCCCCCCCCC(C)C)COP(=O)(O)OC[C@@H](O)COP(=O)(O)OC[C@@H](COC(=O)CCCCCCCCC(C)C)OC(=O)CCCCCCCCCCC(C)CC. The van der Waals surface area contributed by atoms with Crippen molar-refractivity contribution in [3.63, 3.8) is 0 Å². The van der Waals surface area contributed by atoms with Gasteiger partial charge < -0.3 is 33.8 Å². The van der Waals surface area contributed by atoms with Crippen molar-refractivity contribution in [1.82, 2.24) is 0 Å². The number of rotatable bonds is 72. The van der Waals surface area contributed by atoms with Gasteiger partial charge in [0.15, 0.2) is 12.2 Å². The standard InChI is InChI=1S/C74H144O17P2/c1-8-10-11-12-13-14-15-16-17-18-19-20-21-22-23-24-27-34-43-50-57-73(78)90-69(61-84-71(76)55-48-41-33-28-25-26-31-38-45-52-65(3)4)63-88-92(80,81)86-59-68(75)60-87-93(82,83)89-64-70(62-85-72(77)56-49-42-37-36-39-46-53-66(5)6)91-74(79)58-51-44-35-30-29-32-40-47-54-67(7)9-2/h65-70,75H,8-64H2,1-7H3,(H,80,81)(H,82,83)/t67?,68-,69-,70-/m1/s1. The Bertz CT molecular complexity index is 1820. The van der Waals surface area contributed by atoms with Crippen molar-refractivity contribution in [1.29, 1.82) is 0 Å². The van der Waals surface area contributed by atoms with E-state index in [2.05, 4.69) is 48.5 Å². The second-order valence-electron chi connectivity index (χ2n) is 27.9. The maximum absolute atomic E-state index is 13.1. The first-order valence-electron chi connectivity index (χ1n) is 38.4. The summed E-state index contributed by atoms with van der Waals surface area (Å²) in [5.41, 5.74) is 0. The summed E-state index contributed by atoms with van der Waals surface area (Å²) in [4.78, 5) is 72.6. The molecule has 3 N–H and O–H groups in total. The molecule has 0 aromatic heterocycles. The number of esters is 4. The lowest BCUT2D eigenvalue weighted by Gasteiger charge is -2.21. The normalized spacial score (nSPS) is 14.4. The van der Waals surface area contributed by atoms with Gasteiger partial charge in [0.05, 0.1) is 26.4 Å². The van der Waals surface area contributed by atoms with Crippen LogP contribution < -0.4 is 0 Å². The van der Waals surface area contributed by atoms with Crippen LogP contribution in [0.15, 0.2) is 0 Å². The molecule has 0 aromatic carbocycles. The highest BCUT2D eigenvalue weighted by molar-refractivity contribution is 7.47. The molecule has 93 heavy (non-hydrogen) atoms. The third-order valence-electron chi connectivity index (χ3n) is 17.5. The zero-order valence-corrected chi connectivity index (χ0v) is 62.5. The van der Waals surface area contributed by atoms with Crippen molar-refractivity contribution >= 4 is 39.5 Å². The lowest BCUT2D eigenvalue weighted by molar-refractivity contribution is -0.161. The zero-order chi connectivity index (χ0) is 68.7. The van der Waals surface area contributed by atoms with Gasteiger partial charge in [-0.2, -0.15) is 0 Å². The number of carbonyl (C=O) groups excluding carboxylic acids is 4. The second kappa shape index (κ2) is 64.7. The van der Waals surface area contributed by atoms with Crippen LogP contribution in [0, 0.1) is 17.8 Å². The molecule has 3 unspecified atom stereocenters. The van der Waals surface area contributed by atoms with Crippen molar-refractivity contribution in [2.24, 2.45) is 17.8 Å². The maximum atomic E-state index is 13.1. The second-order valence-corrected chi connectivity index (χ2v) is 30.8. The topological polar surface area (TPSA) is 237 Å². The molecule has 0 bridgehead atoms. The van der Waals surface area contributed by atoms with E-state index in [1.165, 1.54) is 180 Å². The van der Waals surface area contributed by atoms with Gasteiger partial charge in [-0.15, -0.1) is 0 Å². The van der Waals surface area contributed by atoms with Crippen molar-refractivity contribution in [3.8, 4) is 0 Å². The van der Waals surface area contributed by atoms with Crippen LogP contribution in [0.2, 0.25) is 0 Å². The summed E-state index contributed by atoms with van der Waals surface area (Å²) in [6.45, 7) is 11.8. The van der Waals surface area contributed by atoms with E-state index < -0.39 is 97.5 Å². The molecular weight excluding hydrogens is 1220 g/mol. The maximum Gasteiger partial charge on any atom is 0.472 e. The predicted molar refractivity (Wildman–Crippen MR) is 377 cm³/mol. The van der Waals surface area contributed by atoms with Crippen LogP contribution >= 0.6 is 15.6 Å². The summed E-state index contributed by atoms with van der Waals surface area (Å²) < 4.78 is 68.4. The van der Waals surface area contributed by atoms with E-state index >= 15 is 0 Å². The van der Waals surface area contributed by atoms with Crippen LogP contribution in [0.25, 0.3) is 0 Å². The number of unbranched alkanes of at least 4 members (excludes halogenated alkanes) is 39. The minimum atomic E-state index is -4.96. The molecule has 0 radical (unpaired) electrons. The Balaban J connectivity index is 5.20. The molecule has 0 rings (SSSR count). The first-order chi connectivity index (χ1) is 44.8. The Morgan fingerprint density at radius 2 is 0.548 bits per heavy atom. The number of hydrogen-bond acceptors (Lipinski definition) is 15. The first kappa shape index (κ1) is 91.1. The molecule has 0 amide bonds. The number of hydrogen-bond donors (Lipinski definition) is 3. The van der Waals surface area contributed by atoms with Gasteiger partial charge >= 0.3 is 39.5 Å². The molecule has 6 atom stereocenters. The van der Waals surface area contributed by atoms with Crippen molar-refractivity contribution in [2.45, 2.75) is 394 Å². The van der Waals surface area contributed by atoms with E-state index in [1.807, 2.05) is 0 Å². The molecule has 0 aliphatic rings. The molecule has 0 aromatic rings. The van der Waals surface area contributed by atoms with Crippen LogP contribution in [0.1, 0.15) is 376 Å². The quantitative estimate of drug-likeness (QED) is 0.0222. The molecular formula is C74H144O17P2.